The van der Waals surface area contributed by atoms with Gasteiger partial charge in [0, 0.05) is 45.3 Å². The summed E-state index contributed by atoms with van der Waals surface area (Å²) >= 11 is 0. The van der Waals surface area contributed by atoms with Crippen molar-refractivity contribution in [3.63, 3.8) is 0 Å². The summed E-state index contributed by atoms with van der Waals surface area (Å²) in [6, 6.07) is 0.389. The lowest BCUT2D eigenvalue weighted by Gasteiger charge is -2.43. The maximum absolute atomic E-state index is 13.0. The van der Waals surface area contributed by atoms with E-state index in [0.717, 1.165) is 52.1 Å². The van der Waals surface area contributed by atoms with Gasteiger partial charge in [-0.05, 0) is 40.8 Å². The van der Waals surface area contributed by atoms with Crippen LogP contribution in [0.4, 0.5) is 0 Å². The van der Waals surface area contributed by atoms with E-state index in [4.69, 9.17) is 0 Å². The molecule has 1 N–H and O–H groups in total. The lowest BCUT2D eigenvalue weighted by Crippen LogP contribution is -2.61. The molecule has 1 unspecified atom stereocenters. The average Bonchev–Trinajstić information content (AvgIpc) is 2.86. The highest BCUT2D eigenvalue weighted by Crippen LogP contribution is 2.25. The number of likely N-dealkylation sites (N-methyl/N-ethyl adjacent to an activating group) is 1. The second-order valence-electron chi connectivity index (χ2n) is 6.85. The molecular weight excluding hydrogens is 252 g/mol. The normalized spacial score (nSPS) is 25.4. The summed E-state index contributed by atoms with van der Waals surface area (Å²) in [4.78, 5) is 19.6. The number of hydrogen-bond acceptors (Lipinski definition) is 4. The summed E-state index contributed by atoms with van der Waals surface area (Å²) < 4.78 is 0. The molecule has 5 heteroatoms. The van der Waals surface area contributed by atoms with E-state index in [1.807, 2.05) is 0 Å². The van der Waals surface area contributed by atoms with Gasteiger partial charge in [0.15, 0.2) is 0 Å². The molecule has 0 aromatic rings. The molecule has 0 spiro atoms. The fourth-order valence-corrected chi connectivity index (χ4v) is 3.42. The van der Waals surface area contributed by atoms with Crippen LogP contribution in [0.15, 0.2) is 0 Å². The lowest BCUT2D eigenvalue weighted by atomic mass is 9.99. The smallest absolute Gasteiger partial charge is 0.242 e. The first-order valence-electron chi connectivity index (χ1n) is 7.84. The molecule has 0 aromatic heterocycles. The van der Waals surface area contributed by atoms with Crippen molar-refractivity contribution in [2.45, 2.75) is 38.3 Å². The fourth-order valence-electron chi connectivity index (χ4n) is 3.42. The van der Waals surface area contributed by atoms with Gasteiger partial charge in [0.25, 0.3) is 0 Å². The van der Waals surface area contributed by atoms with E-state index in [2.05, 4.69) is 48.0 Å². The van der Waals surface area contributed by atoms with E-state index < -0.39 is 0 Å². The molecule has 2 fully saturated rings. The summed E-state index contributed by atoms with van der Waals surface area (Å²) in [5.74, 6) is 0.309. The number of carbonyl (C=O) groups excluding carboxylic acids is 1. The van der Waals surface area contributed by atoms with Crippen molar-refractivity contribution in [1.82, 2.24) is 20.0 Å². The number of hydrogen-bond donors (Lipinski definition) is 1. The largest absolute Gasteiger partial charge is 0.337 e. The minimum atomic E-state index is -0.378. The Labute approximate surface area is 123 Å². The van der Waals surface area contributed by atoms with Crippen molar-refractivity contribution in [2.24, 2.45) is 0 Å². The standard InChI is InChI=1S/C15H30N4O/c1-15(2,18-10-7-16-8-11-18)14(20)19-9-5-6-13(19)12-17(3)4/h13,16H,5-12H2,1-4H3. The summed E-state index contributed by atoms with van der Waals surface area (Å²) in [6.45, 7) is 9.97. The van der Waals surface area contributed by atoms with Crippen LogP contribution >= 0.6 is 0 Å². The molecule has 5 nitrogen and oxygen atoms in total. The van der Waals surface area contributed by atoms with Crippen molar-refractivity contribution in [3.05, 3.63) is 0 Å². The Morgan fingerprint density at radius 3 is 2.50 bits per heavy atom. The van der Waals surface area contributed by atoms with Crippen LogP contribution in [0.3, 0.4) is 0 Å². The van der Waals surface area contributed by atoms with Crippen LogP contribution in [-0.4, -0.2) is 85.6 Å². The SMILES string of the molecule is CN(C)CC1CCCN1C(=O)C(C)(C)N1CCNCC1. The molecular formula is C15H30N4O. The van der Waals surface area contributed by atoms with Gasteiger partial charge >= 0.3 is 0 Å². The molecule has 0 aromatic carbocycles. The maximum Gasteiger partial charge on any atom is 0.242 e. The van der Waals surface area contributed by atoms with E-state index in [1.165, 1.54) is 0 Å². The highest BCUT2D eigenvalue weighted by Gasteiger charge is 2.41. The van der Waals surface area contributed by atoms with Crippen molar-refractivity contribution >= 4 is 5.91 Å². The van der Waals surface area contributed by atoms with Crippen LogP contribution in [0.2, 0.25) is 0 Å². The maximum atomic E-state index is 13.0. The second kappa shape index (κ2) is 6.41. The van der Waals surface area contributed by atoms with Crippen LogP contribution < -0.4 is 5.32 Å². The minimum absolute atomic E-state index is 0.309. The third kappa shape index (κ3) is 3.32. The van der Waals surface area contributed by atoms with Gasteiger partial charge in [-0.3, -0.25) is 9.69 Å². The zero-order valence-electron chi connectivity index (χ0n) is 13.5. The number of carbonyl (C=O) groups is 1. The number of nitrogens with zero attached hydrogens (tertiary/aromatic N) is 3. The first-order valence-corrected chi connectivity index (χ1v) is 7.84. The van der Waals surface area contributed by atoms with Gasteiger partial charge in [0.05, 0.1) is 5.54 Å². The molecule has 0 aliphatic carbocycles. The highest BCUT2D eigenvalue weighted by atomic mass is 16.2. The molecule has 0 bridgehead atoms. The molecule has 20 heavy (non-hydrogen) atoms. The molecule has 116 valence electrons. The third-order valence-electron chi connectivity index (χ3n) is 4.64. The van der Waals surface area contributed by atoms with Gasteiger partial charge in [-0.25, -0.2) is 0 Å². The van der Waals surface area contributed by atoms with Gasteiger partial charge < -0.3 is 15.1 Å². The molecule has 2 saturated heterocycles. The number of nitrogens with one attached hydrogen (secondary N) is 1. The quantitative estimate of drug-likeness (QED) is 0.801. The highest BCUT2D eigenvalue weighted by molar-refractivity contribution is 5.86. The third-order valence-corrected chi connectivity index (χ3v) is 4.64. The van der Waals surface area contributed by atoms with Gasteiger partial charge in [-0.2, -0.15) is 0 Å². The van der Waals surface area contributed by atoms with E-state index in [-0.39, 0.29) is 5.54 Å². The summed E-state index contributed by atoms with van der Waals surface area (Å²) in [6.07, 6.45) is 2.28. The van der Waals surface area contributed by atoms with E-state index in [0.29, 0.717) is 11.9 Å². The van der Waals surface area contributed by atoms with Gasteiger partial charge in [0.1, 0.15) is 0 Å². The summed E-state index contributed by atoms with van der Waals surface area (Å²) in [7, 11) is 4.17. The Bertz CT molecular complexity index is 337. The van der Waals surface area contributed by atoms with Crippen molar-refractivity contribution in [3.8, 4) is 0 Å². The van der Waals surface area contributed by atoms with Crippen LogP contribution in [-0.2, 0) is 4.79 Å². The van der Waals surface area contributed by atoms with Crippen LogP contribution in [0.1, 0.15) is 26.7 Å². The first-order chi connectivity index (χ1) is 9.43. The number of likely N-dealkylation sites (tertiary alicyclic amines) is 1. The lowest BCUT2D eigenvalue weighted by molar-refractivity contribution is -0.144. The molecule has 1 atom stereocenters. The van der Waals surface area contributed by atoms with Gasteiger partial charge in [-0.1, -0.05) is 0 Å². The summed E-state index contributed by atoms with van der Waals surface area (Å²) in [5, 5.41) is 3.36. The molecule has 2 aliphatic rings. The van der Waals surface area contributed by atoms with E-state index >= 15 is 0 Å². The molecule has 2 aliphatic heterocycles. The van der Waals surface area contributed by atoms with E-state index in [1.54, 1.807) is 0 Å². The van der Waals surface area contributed by atoms with Crippen LogP contribution in [0.5, 0.6) is 0 Å². The Hall–Kier alpha value is -0.650. The molecule has 0 saturated carbocycles. The Morgan fingerprint density at radius 2 is 1.90 bits per heavy atom. The topological polar surface area (TPSA) is 38.8 Å². The molecule has 1 amide bonds. The van der Waals surface area contributed by atoms with E-state index in [9.17, 15) is 4.79 Å². The Balaban J connectivity index is 2.04. The van der Waals surface area contributed by atoms with Crippen molar-refractivity contribution < 1.29 is 4.79 Å². The van der Waals surface area contributed by atoms with Crippen molar-refractivity contribution in [2.75, 3.05) is 53.4 Å². The van der Waals surface area contributed by atoms with Crippen LogP contribution in [0, 0.1) is 0 Å². The Morgan fingerprint density at radius 1 is 1.25 bits per heavy atom. The van der Waals surface area contributed by atoms with Crippen molar-refractivity contribution in [1.29, 1.82) is 0 Å². The number of amides is 1. The average molecular weight is 282 g/mol. The molecule has 2 heterocycles. The monoisotopic (exact) mass is 282 g/mol. The van der Waals surface area contributed by atoms with Gasteiger partial charge in [0.2, 0.25) is 5.91 Å². The zero-order chi connectivity index (χ0) is 14.8. The number of rotatable bonds is 4. The zero-order valence-corrected chi connectivity index (χ0v) is 13.5. The predicted octanol–water partition coefficient (Wildman–Crippen LogP) is 0.223. The fraction of sp³-hybridized carbons (Fsp3) is 0.933. The van der Waals surface area contributed by atoms with Crippen LogP contribution in [0.25, 0.3) is 0 Å². The molecule has 0 radical (unpaired) electrons. The first kappa shape index (κ1) is 15.7. The Kier molecular flexibility index (Phi) is 5.04. The van der Waals surface area contributed by atoms with Gasteiger partial charge in [-0.15, -0.1) is 0 Å². The molecule has 2 rings (SSSR count). The minimum Gasteiger partial charge on any atom is -0.337 e. The number of piperazine rings is 1. The second-order valence-corrected chi connectivity index (χ2v) is 6.85. The predicted molar refractivity (Wildman–Crippen MR) is 81.8 cm³/mol. The summed E-state index contributed by atoms with van der Waals surface area (Å²) in [5.41, 5.74) is -0.378.